The van der Waals surface area contributed by atoms with Gasteiger partial charge in [-0.15, -0.1) is 0 Å². The summed E-state index contributed by atoms with van der Waals surface area (Å²) in [6.07, 6.45) is 2.78. The minimum Gasteiger partial charge on any atom is -0.314 e. The first-order chi connectivity index (χ1) is 5.38. The van der Waals surface area contributed by atoms with E-state index in [0.29, 0.717) is 16.4 Å². The number of rotatable bonds is 2. The van der Waals surface area contributed by atoms with Crippen LogP contribution in [-0.4, -0.2) is 12.6 Å². The molecule has 0 aliphatic heterocycles. The van der Waals surface area contributed by atoms with Crippen LogP contribution in [0.2, 0.25) is 0 Å². The second-order valence-corrected chi connectivity index (χ2v) is 5.78. The Kier molecular flexibility index (Phi) is 1.35. The zero-order chi connectivity index (χ0) is 9.20. The molecule has 2 aliphatic rings. The molecule has 70 valence electrons. The lowest BCUT2D eigenvalue weighted by Gasteiger charge is -2.16. The lowest BCUT2D eigenvalue weighted by Crippen LogP contribution is -2.32. The lowest BCUT2D eigenvalue weighted by molar-refractivity contribution is 0.405. The quantitative estimate of drug-likeness (QED) is 0.666. The Bertz CT molecular complexity index is 197. The van der Waals surface area contributed by atoms with E-state index in [9.17, 15) is 0 Å². The van der Waals surface area contributed by atoms with Crippen molar-refractivity contribution in [3.05, 3.63) is 0 Å². The van der Waals surface area contributed by atoms with Gasteiger partial charge in [-0.1, -0.05) is 27.7 Å². The number of hydrogen-bond donors (Lipinski definition) is 1. The minimum absolute atomic E-state index is 0.521. The Morgan fingerprint density at radius 1 is 1.00 bits per heavy atom. The highest BCUT2D eigenvalue weighted by atomic mass is 15.0. The van der Waals surface area contributed by atoms with Crippen LogP contribution in [0.3, 0.4) is 0 Å². The second kappa shape index (κ2) is 1.89. The molecule has 1 N–H and O–H groups in total. The molecule has 0 amide bonds. The smallest absolute Gasteiger partial charge is 0.0218 e. The zero-order valence-electron chi connectivity index (χ0n) is 8.99. The second-order valence-electron chi connectivity index (χ2n) is 5.78. The van der Waals surface area contributed by atoms with Crippen LogP contribution >= 0.6 is 0 Å². The Morgan fingerprint density at radius 3 is 1.50 bits per heavy atom. The topological polar surface area (TPSA) is 12.0 Å². The fraction of sp³-hybridized carbons (Fsp3) is 1.00. The molecule has 0 spiro atoms. The molecule has 2 rings (SSSR count). The summed E-state index contributed by atoms with van der Waals surface area (Å²) < 4.78 is 0. The summed E-state index contributed by atoms with van der Waals surface area (Å²) in [6.45, 7) is 9.65. The Hall–Kier alpha value is -0.0400. The van der Waals surface area contributed by atoms with Crippen molar-refractivity contribution in [2.45, 2.75) is 46.1 Å². The highest BCUT2D eigenvalue weighted by Gasteiger charge is 2.74. The summed E-state index contributed by atoms with van der Waals surface area (Å²) in [5.41, 5.74) is 1.62. The molecule has 0 radical (unpaired) electrons. The monoisotopic (exact) mass is 167 g/mol. The molecule has 0 aromatic heterocycles. The van der Waals surface area contributed by atoms with Crippen molar-refractivity contribution in [1.82, 2.24) is 5.32 Å². The van der Waals surface area contributed by atoms with E-state index in [-0.39, 0.29) is 0 Å². The molecule has 0 saturated heterocycles. The molecule has 0 heterocycles. The van der Waals surface area contributed by atoms with Gasteiger partial charge in [-0.3, -0.25) is 0 Å². The Morgan fingerprint density at radius 2 is 1.42 bits per heavy atom. The van der Waals surface area contributed by atoms with Crippen LogP contribution < -0.4 is 5.32 Å². The average molecular weight is 167 g/mol. The summed E-state index contributed by atoms with van der Waals surface area (Å²) in [6, 6.07) is 0. The molecule has 0 aromatic rings. The van der Waals surface area contributed by atoms with Gasteiger partial charge in [0.15, 0.2) is 0 Å². The summed E-state index contributed by atoms with van der Waals surface area (Å²) >= 11 is 0. The third-order valence-electron chi connectivity index (χ3n) is 4.86. The van der Waals surface area contributed by atoms with Gasteiger partial charge in [-0.2, -0.15) is 0 Å². The van der Waals surface area contributed by atoms with E-state index < -0.39 is 0 Å². The standard InChI is InChI=1S/C11H21N/c1-9(2)8(10(9,3)4)11(12-5)6-7-11/h8,12H,6-7H2,1-5H3. The van der Waals surface area contributed by atoms with E-state index in [2.05, 4.69) is 40.1 Å². The molecular formula is C11H21N. The molecule has 1 nitrogen and oxygen atoms in total. The predicted octanol–water partition coefficient (Wildman–Crippen LogP) is 2.42. The Labute approximate surface area is 75.9 Å². The van der Waals surface area contributed by atoms with E-state index in [1.165, 1.54) is 12.8 Å². The maximum Gasteiger partial charge on any atom is 0.0218 e. The van der Waals surface area contributed by atoms with Crippen LogP contribution in [0.4, 0.5) is 0 Å². The van der Waals surface area contributed by atoms with Gasteiger partial charge in [-0.25, -0.2) is 0 Å². The fourth-order valence-electron chi connectivity index (χ4n) is 3.40. The molecule has 0 bridgehead atoms. The van der Waals surface area contributed by atoms with Gasteiger partial charge < -0.3 is 5.32 Å². The molecule has 1 heteroatoms. The molecule has 2 aliphatic carbocycles. The van der Waals surface area contributed by atoms with Gasteiger partial charge in [0.05, 0.1) is 0 Å². The van der Waals surface area contributed by atoms with Crippen molar-refractivity contribution < 1.29 is 0 Å². The first-order valence-electron chi connectivity index (χ1n) is 5.07. The molecule has 0 atom stereocenters. The summed E-state index contributed by atoms with van der Waals surface area (Å²) in [7, 11) is 2.12. The van der Waals surface area contributed by atoms with Crippen molar-refractivity contribution in [3.63, 3.8) is 0 Å². The molecule has 2 fully saturated rings. The highest BCUT2D eigenvalue weighted by Crippen LogP contribution is 2.76. The molecule has 0 aromatic carbocycles. The van der Waals surface area contributed by atoms with Gasteiger partial charge >= 0.3 is 0 Å². The van der Waals surface area contributed by atoms with E-state index >= 15 is 0 Å². The van der Waals surface area contributed by atoms with Gasteiger partial charge in [0, 0.05) is 5.54 Å². The molecule has 0 unspecified atom stereocenters. The van der Waals surface area contributed by atoms with Crippen molar-refractivity contribution >= 4 is 0 Å². The zero-order valence-corrected chi connectivity index (χ0v) is 8.99. The highest BCUT2D eigenvalue weighted by molar-refractivity contribution is 5.26. The van der Waals surface area contributed by atoms with E-state index in [1.54, 1.807) is 0 Å². The SMILES string of the molecule is CNC1(C2C(C)(C)C2(C)C)CC1. The maximum atomic E-state index is 3.53. The third kappa shape index (κ3) is 0.736. The van der Waals surface area contributed by atoms with E-state index in [4.69, 9.17) is 0 Å². The number of hydrogen-bond acceptors (Lipinski definition) is 1. The van der Waals surface area contributed by atoms with Gasteiger partial charge in [0.2, 0.25) is 0 Å². The number of nitrogens with one attached hydrogen (secondary N) is 1. The van der Waals surface area contributed by atoms with Gasteiger partial charge in [-0.05, 0) is 36.6 Å². The van der Waals surface area contributed by atoms with Gasteiger partial charge in [0.25, 0.3) is 0 Å². The molecule has 12 heavy (non-hydrogen) atoms. The lowest BCUT2D eigenvalue weighted by atomic mass is 10.0. The normalized spacial score (nSPS) is 34.8. The van der Waals surface area contributed by atoms with Crippen LogP contribution in [0.15, 0.2) is 0 Å². The van der Waals surface area contributed by atoms with Crippen LogP contribution in [0.5, 0.6) is 0 Å². The third-order valence-corrected chi connectivity index (χ3v) is 4.86. The first kappa shape index (κ1) is 8.55. The summed E-state index contributed by atoms with van der Waals surface area (Å²) in [5.74, 6) is 0.891. The predicted molar refractivity (Wildman–Crippen MR) is 52.1 cm³/mol. The first-order valence-corrected chi connectivity index (χ1v) is 5.07. The van der Waals surface area contributed by atoms with Crippen LogP contribution in [0, 0.1) is 16.7 Å². The van der Waals surface area contributed by atoms with Crippen LogP contribution in [0.1, 0.15) is 40.5 Å². The molecular weight excluding hydrogens is 146 g/mol. The van der Waals surface area contributed by atoms with Gasteiger partial charge in [0.1, 0.15) is 0 Å². The summed E-state index contributed by atoms with van der Waals surface area (Å²) in [4.78, 5) is 0. The minimum atomic E-state index is 0.521. The van der Waals surface area contributed by atoms with Crippen molar-refractivity contribution in [2.24, 2.45) is 16.7 Å². The maximum absolute atomic E-state index is 3.53. The van der Waals surface area contributed by atoms with Crippen molar-refractivity contribution in [1.29, 1.82) is 0 Å². The van der Waals surface area contributed by atoms with Crippen LogP contribution in [-0.2, 0) is 0 Å². The molecule has 2 saturated carbocycles. The summed E-state index contributed by atoms with van der Waals surface area (Å²) in [5, 5.41) is 3.53. The van der Waals surface area contributed by atoms with E-state index in [0.717, 1.165) is 5.92 Å². The average Bonchev–Trinajstić information content (AvgIpc) is 2.75. The van der Waals surface area contributed by atoms with Crippen LogP contribution in [0.25, 0.3) is 0 Å². The Balaban J connectivity index is 2.19. The van der Waals surface area contributed by atoms with Crippen molar-refractivity contribution in [2.75, 3.05) is 7.05 Å². The fourth-order valence-corrected chi connectivity index (χ4v) is 3.40. The van der Waals surface area contributed by atoms with Crippen molar-refractivity contribution in [3.8, 4) is 0 Å². The van der Waals surface area contributed by atoms with E-state index in [1.807, 2.05) is 0 Å². The largest absolute Gasteiger partial charge is 0.314 e.